The molecule has 1 aromatic carbocycles. The zero-order valence-corrected chi connectivity index (χ0v) is 18.8. The second-order valence-corrected chi connectivity index (χ2v) is 7.47. The number of carbonyl (C=O) groups is 1. The van der Waals surface area contributed by atoms with Crippen LogP contribution in [0.3, 0.4) is 0 Å². The van der Waals surface area contributed by atoms with Gasteiger partial charge in [-0.25, -0.2) is 14.8 Å². The summed E-state index contributed by atoms with van der Waals surface area (Å²) in [6.45, 7) is 5.71. The fraction of sp³-hybridized carbons (Fsp3) is 0.208. The van der Waals surface area contributed by atoms with Crippen LogP contribution >= 0.6 is 0 Å². The summed E-state index contributed by atoms with van der Waals surface area (Å²) >= 11 is 0. The minimum atomic E-state index is -1.02. The van der Waals surface area contributed by atoms with Crippen LogP contribution in [0, 0.1) is 13.8 Å². The van der Waals surface area contributed by atoms with Gasteiger partial charge in [0.05, 0.1) is 29.7 Å². The van der Waals surface area contributed by atoms with E-state index in [1.807, 2.05) is 32.9 Å². The Balaban J connectivity index is 1.97. The number of aryl methyl sites for hydroxylation is 3. The van der Waals surface area contributed by atoms with E-state index in [9.17, 15) is 9.90 Å². The van der Waals surface area contributed by atoms with Gasteiger partial charge in [-0.15, -0.1) is 0 Å². The van der Waals surface area contributed by atoms with Crippen molar-refractivity contribution in [3.05, 3.63) is 71.4 Å². The van der Waals surface area contributed by atoms with Gasteiger partial charge < -0.3 is 15.2 Å². The molecule has 0 aliphatic heterocycles. The Hall–Kier alpha value is -4.27. The highest BCUT2D eigenvalue weighted by molar-refractivity contribution is 5.96. The second-order valence-electron chi connectivity index (χ2n) is 7.47. The molecule has 0 radical (unpaired) electrons. The molecule has 4 aromatic rings. The zero-order valence-electron chi connectivity index (χ0n) is 18.8. The quantitative estimate of drug-likeness (QED) is 0.432. The van der Waals surface area contributed by atoms with Crippen molar-refractivity contribution in [3.8, 4) is 22.8 Å². The summed E-state index contributed by atoms with van der Waals surface area (Å²) in [7, 11) is 1.56. The van der Waals surface area contributed by atoms with Crippen molar-refractivity contribution < 1.29 is 14.6 Å². The molecule has 0 aliphatic rings. The van der Waals surface area contributed by atoms with Crippen LogP contribution in [-0.4, -0.2) is 42.9 Å². The zero-order chi connectivity index (χ0) is 23.5. The first-order chi connectivity index (χ1) is 15.9. The maximum absolute atomic E-state index is 12.0. The smallest absolute Gasteiger partial charge is 0.337 e. The lowest BCUT2D eigenvalue weighted by molar-refractivity contribution is 0.0698. The van der Waals surface area contributed by atoms with Gasteiger partial charge in [-0.3, -0.25) is 4.98 Å². The minimum Gasteiger partial charge on any atom is -0.481 e. The van der Waals surface area contributed by atoms with Crippen molar-refractivity contribution in [3.63, 3.8) is 0 Å². The standard InChI is InChI=1S/C24H24N6O3/c1-5-18-21(16-7-9-20(33-4)27-13-16)23(30(29-18)22-15(3)25-10-11-26-22)28-19-8-6-14(2)12-17(19)24(31)32/h6-13,28H,5H2,1-4H3,(H,31,32). The number of pyridine rings is 1. The van der Waals surface area contributed by atoms with Crippen molar-refractivity contribution >= 4 is 17.5 Å². The summed E-state index contributed by atoms with van der Waals surface area (Å²) in [5.41, 5.74) is 4.56. The molecular weight excluding hydrogens is 420 g/mol. The first-order valence-electron chi connectivity index (χ1n) is 10.4. The number of ether oxygens (including phenoxy) is 1. The molecule has 0 fully saturated rings. The fourth-order valence-corrected chi connectivity index (χ4v) is 3.61. The van der Waals surface area contributed by atoms with E-state index >= 15 is 0 Å². The SMILES string of the molecule is CCc1nn(-c2nccnc2C)c(Nc2ccc(C)cc2C(=O)O)c1-c1ccc(OC)nc1. The third-order valence-electron chi connectivity index (χ3n) is 5.24. The summed E-state index contributed by atoms with van der Waals surface area (Å²) in [5, 5.41) is 17.9. The van der Waals surface area contributed by atoms with Crippen LogP contribution < -0.4 is 10.1 Å². The number of rotatable bonds is 7. The first-order valence-corrected chi connectivity index (χ1v) is 10.4. The Kier molecular flexibility index (Phi) is 6.03. The van der Waals surface area contributed by atoms with Gasteiger partial charge >= 0.3 is 5.97 Å². The van der Waals surface area contributed by atoms with E-state index in [0.717, 1.165) is 22.4 Å². The van der Waals surface area contributed by atoms with Crippen molar-refractivity contribution in [2.75, 3.05) is 12.4 Å². The molecule has 9 heteroatoms. The summed E-state index contributed by atoms with van der Waals surface area (Å²) in [5.74, 6) is 0.599. The highest BCUT2D eigenvalue weighted by Crippen LogP contribution is 2.37. The third kappa shape index (κ3) is 4.25. The Morgan fingerprint density at radius 2 is 1.91 bits per heavy atom. The van der Waals surface area contributed by atoms with E-state index in [4.69, 9.17) is 9.84 Å². The molecule has 0 saturated carbocycles. The number of nitrogens with one attached hydrogen (secondary N) is 1. The Bertz CT molecular complexity index is 1310. The molecule has 0 saturated heterocycles. The van der Waals surface area contributed by atoms with Crippen molar-refractivity contribution in [2.45, 2.75) is 27.2 Å². The van der Waals surface area contributed by atoms with Gasteiger partial charge in [-0.05, 0) is 38.5 Å². The number of hydrogen-bond acceptors (Lipinski definition) is 7. The van der Waals surface area contributed by atoms with E-state index < -0.39 is 5.97 Å². The van der Waals surface area contributed by atoms with Crippen LogP contribution in [0.4, 0.5) is 11.5 Å². The molecule has 0 amide bonds. The lowest BCUT2D eigenvalue weighted by Gasteiger charge is -2.15. The number of aromatic nitrogens is 5. The number of aromatic carboxylic acids is 1. The van der Waals surface area contributed by atoms with E-state index in [0.29, 0.717) is 35.3 Å². The number of hydrogen-bond donors (Lipinski definition) is 2. The van der Waals surface area contributed by atoms with Crippen molar-refractivity contribution in [2.24, 2.45) is 0 Å². The van der Waals surface area contributed by atoms with Crippen LogP contribution in [0.25, 0.3) is 16.9 Å². The molecule has 0 spiro atoms. The predicted molar refractivity (Wildman–Crippen MR) is 124 cm³/mol. The Labute approximate surface area is 191 Å². The Morgan fingerprint density at radius 1 is 1.12 bits per heavy atom. The van der Waals surface area contributed by atoms with Crippen LogP contribution in [-0.2, 0) is 6.42 Å². The van der Waals surface area contributed by atoms with E-state index in [1.165, 1.54) is 0 Å². The molecule has 168 valence electrons. The molecule has 0 aliphatic carbocycles. The molecule has 3 heterocycles. The number of nitrogens with zero attached hydrogens (tertiary/aromatic N) is 5. The Morgan fingerprint density at radius 3 is 2.55 bits per heavy atom. The molecule has 33 heavy (non-hydrogen) atoms. The van der Waals surface area contributed by atoms with Gasteiger partial charge in [0.2, 0.25) is 5.88 Å². The fourth-order valence-electron chi connectivity index (χ4n) is 3.61. The van der Waals surface area contributed by atoms with E-state index in [1.54, 1.807) is 48.6 Å². The van der Waals surface area contributed by atoms with Gasteiger partial charge in [-0.2, -0.15) is 9.78 Å². The van der Waals surface area contributed by atoms with Crippen LogP contribution in [0.15, 0.2) is 48.9 Å². The van der Waals surface area contributed by atoms with Crippen LogP contribution in [0.5, 0.6) is 5.88 Å². The average molecular weight is 444 g/mol. The van der Waals surface area contributed by atoms with Gasteiger partial charge in [0.1, 0.15) is 5.82 Å². The van der Waals surface area contributed by atoms with Gasteiger partial charge in [0, 0.05) is 35.8 Å². The highest BCUT2D eigenvalue weighted by Gasteiger charge is 2.23. The van der Waals surface area contributed by atoms with Crippen molar-refractivity contribution in [1.82, 2.24) is 24.7 Å². The number of methoxy groups -OCH3 is 1. The third-order valence-corrected chi connectivity index (χ3v) is 5.24. The minimum absolute atomic E-state index is 0.162. The molecular formula is C24H24N6O3. The van der Waals surface area contributed by atoms with Crippen LogP contribution in [0.1, 0.15) is 34.2 Å². The molecule has 0 atom stereocenters. The number of carboxylic acid groups (broad SMARTS) is 1. The predicted octanol–water partition coefficient (Wildman–Crippen LogP) is 4.35. The van der Waals surface area contributed by atoms with E-state index in [2.05, 4.69) is 20.3 Å². The molecule has 2 N–H and O–H groups in total. The molecule has 9 nitrogen and oxygen atoms in total. The second kappa shape index (κ2) is 9.07. The molecule has 3 aromatic heterocycles. The summed E-state index contributed by atoms with van der Waals surface area (Å²) in [6.07, 6.45) is 5.57. The normalized spacial score (nSPS) is 10.8. The molecule has 4 rings (SSSR count). The highest BCUT2D eigenvalue weighted by atomic mass is 16.5. The first kappa shape index (κ1) is 21.9. The van der Waals surface area contributed by atoms with Gasteiger partial charge in [0.25, 0.3) is 0 Å². The lowest BCUT2D eigenvalue weighted by atomic mass is 10.0. The summed E-state index contributed by atoms with van der Waals surface area (Å²) in [4.78, 5) is 25.1. The van der Waals surface area contributed by atoms with Gasteiger partial charge in [-0.1, -0.05) is 18.6 Å². The van der Waals surface area contributed by atoms with Gasteiger partial charge in [0.15, 0.2) is 5.82 Å². The monoisotopic (exact) mass is 444 g/mol. The maximum Gasteiger partial charge on any atom is 0.337 e. The number of anilines is 2. The molecule has 0 bridgehead atoms. The van der Waals surface area contributed by atoms with Crippen LogP contribution in [0.2, 0.25) is 0 Å². The summed E-state index contributed by atoms with van der Waals surface area (Å²) < 4.78 is 6.87. The number of benzene rings is 1. The largest absolute Gasteiger partial charge is 0.481 e. The lowest BCUT2D eigenvalue weighted by Crippen LogP contribution is -2.10. The van der Waals surface area contributed by atoms with E-state index in [-0.39, 0.29) is 5.56 Å². The molecule has 0 unspecified atom stereocenters. The van der Waals surface area contributed by atoms with Crippen molar-refractivity contribution in [1.29, 1.82) is 0 Å². The summed E-state index contributed by atoms with van der Waals surface area (Å²) in [6, 6.07) is 8.92. The topological polar surface area (TPSA) is 115 Å². The average Bonchev–Trinajstić information content (AvgIpc) is 3.18. The maximum atomic E-state index is 12.0. The number of carboxylic acids is 1.